The third-order valence-electron chi connectivity index (χ3n) is 6.35. The Morgan fingerprint density at radius 3 is 1.60 bits per heavy atom. The molecular weight excluding hydrogens is 800 g/mol. The van der Waals surface area contributed by atoms with E-state index >= 15 is 0 Å². The van der Waals surface area contributed by atoms with Crippen LogP contribution in [0, 0.1) is 56.3 Å². The first-order valence-electron chi connectivity index (χ1n) is 15.2. The van der Waals surface area contributed by atoms with Crippen LogP contribution in [0.1, 0.15) is 19.4 Å². The molecule has 0 amide bonds. The van der Waals surface area contributed by atoms with Gasteiger partial charge in [-0.25, -0.2) is 19.3 Å². The van der Waals surface area contributed by atoms with Crippen molar-refractivity contribution in [2.75, 3.05) is 26.4 Å². The first-order valence-corrected chi connectivity index (χ1v) is 16.0. The lowest BCUT2D eigenvalue weighted by atomic mass is 10.2. The van der Waals surface area contributed by atoms with E-state index in [-0.39, 0.29) is 41.7 Å². The molecule has 0 aliphatic heterocycles. The number of nitro benzene ring substituents is 2. The van der Waals surface area contributed by atoms with E-state index in [9.17, 15) is 38.6 Å². The van der Waals surface area contributed by atoms with Crippen molar-refractivity contribution in [3.63, 3.8) is 0 Å². The first-order chi connectivity index (χ1) is 26.2. The fourth-order valence-corrected chi connectivity index (χ4v) is 4.58. The van der Waals surface area contributed by atoms with E-state index in [0.29, 0.717) is 4.47 Å². The second kappa shape index (κ2) is 20.0. The van der Waals surface area contributed by atoms with Crippen LogP contribution < -0.4 is 18.9 Å². The van der Waals surface area contributed by atoms with Crippen LogP contribution in [0.5, 0.6) is 34.5 Å². The summed E-state index contributed by atoms with van der Waals surface area (Å²) in [6.45, 7) is 16.3. The molecule has 4 aromatic rings. The number of benzene rings is 4. The number of nitrogens with zero attached hydrogens (tertiary/aromatic N) is 5. The number of carbonyl (C=O) groups excluding carboxylic acids is 2. The Morgan fingerprint density at radius 1 is 0.764 bits per heavy atom. The van der Waals surface area contributed by atoms with Gasteiger partial charge in [-0.2, -0.15) is 14.0 Å². The molecular formula is C35H24BrF2N5O12. The van der Waals surface area contributed by atoms with E-state index in [4.69, 9.17) is 37.4 Å². The maximum atomic E-state index is 14.7. The maximum Gasteiger partial charge on any atom is 0.344 e. The van der Waals surface area contributed by atoms with Crippen molar-refractivity contribution in [2.45, 2.75) is 13.8 Å². The van der Waals surface area contributed by atoms with Crippen LogP contribution in [0.4, 0.5) is 31.5 Å². The predicted octanol–water partition coefficient (Wildman–Crippen LogP) is 8.67. The quantitative estimate of drug-likeness (QED) is 0.0505. The van der Waals surface area contributed by atoms with E-state index in [1.807, 2.05) is 6.07 Å². The fraction of sp³-hybridized carbons (Fsp3) is 0.171. The van der Waals surface area contributed by atoms with Gasteiger partial charge < -0.3 is 28.4 Å². The smallest absolute Gasteiger partial charge is 0.344 e. The van der Waals surface area contributed by atoms with Crippen molar-refractivity contribution >= 4 is 50.6 Å². The molecule has 0 heterocycles. The fourth-order valence-electron chi connectivity index (χ4n) is 4.12. The number of rotatable bonds is 14. The van der Waals surface area contributed by atoms with Gasteiger partial charge in [0.15, 0.2) is 36.1 Å². The van der Waals surface area contributed by atoms with Crippen molar-refractivity contribution in [3.05, 3.63) is 125 Å². The van der Waals surface area contributed by atoms with E-state index < -0.39 is 81.0 Å². The lowest BCUT2D eigenvalue weighted by Crippen LogP contribution is -2.15. The van der Waals surface area contributed by atoms with Gasteiger partial charge in [0.25, 0.3) is 0 Å². The SMILES string of the molecule is [C-]#[N+]c1cc(Br)cc(Oc2c([N+](=O)[O-])ccc(OCC(=O)OCC)c2F)c1.[C-]#[N+]c1cc(C#N)cc(Oc2c([N+](=O)[O-])ccc(OCC(=O)OCC)c2F)c1. The van der Waals surface area contributed by atoms with Crippen LogP contribution in [-0.4, -0.2) is 48.2 Å². The second-order valence-electron chi connectivity index (χ2n) is 10.1. The molecule has 0 fully saturated rings. The minimum atomic E-state index is -1.22. The minimum Gasteiger partial charge on any atom is -0.479 e. The normalized spacial score (nSPS) is 9.85. The first kappa shape index (κ1) is 42.0. The van der Waals surface area contributed by atoms with Crippen LogP contribution in [0.15, 0.2) is 65.1 Å². The van der Waals surface area contributed by atoms with Crippen molar-refractivity contribution in [3.8, 4) is 40.6 Å². The highest BCUT2D eigenvalue weighted by Crippen LogP contribution is 2.41. The minimum absolute atomic E-state index is 0.0138. The highest BCUT2D eigenvalue weighted by Gasteiger charge is 2.27. The van der Waals surface area contributed by atoms with Crippen LogP contribution in [-0.2, 0) is 19.1 Å². The number of carbonyl (C=O) groups is 2. The van der Waals surface area contributed by atoms with Gasteiger partial charge in [0, 0.05) is 22.2 Å². The Kier molecular flexibility index (Phi) is 15.3. The molecule has 0 atom stereocenters. The molecule has 282 valence electrons. The van der Waals surface area contributed by atoms with E-state index in [0.717, 1.165) is 24.3 Å². The van der Waals surface area contributed by atoms with Gasteiger partial charge in [-0.05, 0) is 62.4 Å². The number of hydrogen-bond acceptors (Lipinski definition) is 13. The van der Waals surface area contributed by atoms with Crippen molar-refractivity contribution < 1.29 is 56.6 Å². The van der Waals surface area contributed by atoms with Crippen molar-refractivity contribution in [1.29, 1.82) is 5.26 Å². The number of hydrogen-bond donors (Lipinski definition) is 0. The van der Waals surface area contributed by atoms with Crippen molar-refractivity contribution in [2.24, 2.45) is 0 Å². The molecule has 17 nitrogen and oxygen atoms in total. The Balaban J connectivity index is 0.000000296. The molecule has 0 saturated carbocycles. The summed E-state index contributed by atoms with van der Waals surface area (Å²) in [6, 6.07) is 13.6. The summed E-state index contributed by atoms with van der Waals surface area (Å²) in [6.07, 6.45) is 0. The zero-order valence-corrected chi connectivity index (χ0v) is 30.0. The lowest BCUT2D eigenvalue weighted by molar-refractivity contribution is -0.386. The Bertz CT molecular complexity index is 2220. The number of nitriles is 1. The monoisotopic (exact) mass is 823 g/mol. The van der Waals surface area contributed by atoms with Gasteiger partial charge in [0.1, 0.15) is 11.5 Å². The third kappa shape index (κ3) is 11.8. The van der Waals surface area contributed by atoms with E-state index in [1.54, 1.807) is 13.8 Å². The van der Waals surface area contributed by atoms with E-state index in [2.05, 4.69) is 35.1 Å². The maximum absolute atomic E-state index is 14.7. The molecule has 20 heteroatoms. The summed E-state index contributed by atoms with van der Waals surface area (Å²) in [4.78, 5) is 49.8. The Morgan fingerprint density at radius 2 is 1.20 bits per heavy atom. The zero-order valence-electron chi connectivity index (χ0n) is 28.4. The van der Waals surface area contributed by atoms with Gasteiger partial charge in [0.2, 0.25) is 23.1 Å². The molecule has 55 heavy (non-hydrogen) atoms. The molecule has 0 aliphatic carbocycles. The molecule has 0 saturated heterocycles. The van der Waals surface area contributed by atoms with Crippen LogP contribution in [0.3, 0.4) is 0 Å². The molecule has 0 spiro atoms. The van der Waals surface area contributed by atoms with Gasteiger partial charge in [-0.3, -0.25) is 20.2 Å². The lowest BCUT2D eigenvalue weighted by Gasteiger charge is -2.12. The predicted molar refractivity (Wildman–Crippen MR) is 188 cm³/mol. The summed E-state index contributed by atoms with van der Waals surface area (Å²) in [5.74, 6) is -6.32. The highest BCUT2D eigenvalue weighted by molar-refractivity contribution is 9.10. The summed E-state index contributed by atoms with van der Waals surface area (Å²) in [5.41, 5.74) is -1.06. The van der Waals surface area contributed by atoms with Gasteiger partial charge in [0.05, 0.1) is 42.3 Å². The third-order valence-corrected chi connectivity index (χ3v) is 6.81. The number of ether oxygens (including phenoxy) is 6. The molecule has 0 unspecified atom stereocenters. The Labute approximate surface area is 318 Å². The highest BCUT2D eigenvalue weighted by atomic mass is 79.9. The molecule has 0 bridgehead atoms. The Hall–Kier alpha value is -7.37. The number of esters is 2. The van der Waals surface area contributed by atoms with Crippen LogP contribution >= 0.6 is 15.9 Å². The summed E-state index contributed by atoms with van der Waals surface area (Å²) in [5, 5.41) is 31.4. The average molecular weight is 824 g/mol. The van der Waals surface area contributed by atoms with Gasteiger partial charge in [-0.1, -0.05) is 15.9 Å². The van der Waals surface area contributed by atoms with Crippen molar-refractivity contribution in [1.82, 2.24) is 0 Å². The average Bonchev–Trinajstić information content (AvgIpc) is 3.15. The molecule has 0 N–H and O–H groups in total. The summed E-state index contributed by atoms with van der Waals surface area (Å²) >= 11 is 3.18. The number of halogens is 3. The molecule has 4 rings (SSSR count). The van der Waals surface area contributed by atoms with Gasteiger partial charge in [-0.15, -0.1) is 0 Å². The van der Waals surface area contributed by atoms with Crippen LogP contribution in [0.25, 0.3) is 9.69 Å². The van der Waals surface area contributed by atoms with E-state index in [1.165, 1.54) is 36.4 Å². The molecule has 4 aromatic carbocycles. The molecule has 0 aliphatic rings. The summed E-state index contributed by atoms with van der Waals surface area (Å²) < 4.78 is 59.9. The van der Waals surface area contributed by atoms with Gasteiger partial charge >= 0.3 is 23.3 Å². The standard InChI is InChI=1S/C18H12FN3O6.C17H12BrFN2O6/c1-3-26-16(23)10-27-15-5-4-14(22(24)25)18(17(15)19)28-13-7-11(9-20)6-12(8-13)21-2;1-3-25-15(22)9-26-14-5-4-13(21(23)24)17(16(14)19)27-12-7-10(18)6-11(8-12)20-2/h4-8H,3,10H2,1H3;4-8H,3,9H2,1H3. The number of nitro groups is 2. The zero-order chi connectivity index (χ0) is 40.7. The largest absolute Gasteiger partial charge is 0.479 e. The van der Waals surface area contributed by atoms with Crippen LogP contribution in [0.2, 0.25) is 0 Å². The summed E-state index contributed by atoms with van der Waals surface area (Å²) in [7, 11) is 0. The molecule has 0 aromatic heterocycles. The topological polar surface area (TPSA) is 208 Å². The second-order valence-corrected chi connectivity index (χ2v) is 11.0. The molecule has 0 radical (unpaired) electrons.